The van der Waals surface area contributed by atoms with Crippen LogP contribution in [0.25, 0.3) is 11.1 Å². The molecular weight excluding hydrogens is 370 g/mol. The van der Waals surface area contributed by atoms with Crippen molar-refractivity contribution in [2.75, 3.05) is 14.2 Å². The summed E-state index contributed by atoms with van der Waals surface area (Å²) in [4.78, 5) is 16.3. The molecule has 0 N–H and O–H groups in total. The molecule has 140 valence electrons. The van der Waals surface area contributed by atoms with Crippen LogP contribution in [0.15, 0.2) is 64.6 Å². The molecule has 2 aromatic heterocycles. The summed E-state index contributed by atoms with van der Waals surface area (Å²) in [7, 11) is -1.13. The second-order valence-corrected chi connectivity index (χ2v) is 7.55. The minimum atomic E-state index is -3.76. The number of nitrogens with zero attached hydrogens (tertiary/aromatic N) is 1. The molecule has 0 radical (unpaired) electrons. The summed E-state index contributed by atoms with van der Waals surface area (Å²) in [5.74, 6) is -0.892. The number of aromatic nitrogens is 1. The molecule has 1 aromatic carbocycles. The normalized spacial score (nSPS) is 11.2. The highest BCUT2D eigenvalue weighted by atomic mass is 32.2. The van der Waals surface area contributed by atoms with E-state index in [1.54, 1.807) is 30.3 Å². The molecule has 0 aliphatic rings. The predicted molar refractivity (Wildman–Crippen MR) is 97.2 cm³/mol. The van der Waals surface area contributed by atoms with Gasteiger partial charge in [0.25, 0.3) is 0 Å². The fourth-order valence-electron chi connectivity index (χ4n) is 2.74. The molecule has 8 heteroatoms. The van der Waals surface area contributed by atoms with Crippen molar-refractivity contribution in [1.82, 2.24) is 4.98 Å². The molecule has 2 heterocycles. The van der Waals surface area contributed by atoms with Crippen molar-refractivity contribution in [3.8, 4) is 16.9 Å². The largest absolute Gasteiger partial charge is 0.495 e. The Labute approximate surface area is 156 Å². The molecule has 7 nitrogen and oxygen atoms in total. The fraction of sp³-hybridized carbons (Fsp3) is 0.158. The monoisotopic (exact) mass is 387 g/mol. The Kier molecular flexibility index (Phi) is 5.27. The lowest BCUT2D eigenvalue weighted by Gasteiger charge is -2.16. The number of rotatable bonds is 6. The van der Waals surface area contributed by atoms with Crippen LogP contribution in [0.3, 0.4) is 0 Å². The maximum atomic E-state index is 12.7. The fourth-order valence-corrected chi connectivity index (χ4v) is 4.04. The average Bonchev–Trinajstić information content (AvgIpc) is 3.22. The molecule has 0 aliphatic heterocycles. The van der Waals surface area contributed by atoms with Crippen molar-refractivity contribution >= 4 is 15.8 Å². The number of hydrogen-bond acceptors (Lipinski definition) is 7. The van der Waals surface area contributed by atoms with Crippen molar-refractivity contribution in [2.24, 2.45) is 0 Å². The number of furan rings is 1. The highest BCUT2D eigenvalue weighted by Crippen LogP contribution is 2.37. The van der Waals surface area contributed by atoms with Gasteiger partial charge in [0.15, 0.2) is 14.9 Å². The first-order valence-electron chi connectivity index (χ1n) is 7.92. The Morgan fingerprint density at radius 3 is 2.56 bits per heavy atom. The summed E-state index contributed by atoms with van der Waals surface area (Å²) in [6.07, 6.45) is 4.39. The van der Waals surface area contributed by atoms with E-state index in [2.05, 4.69) is 4.98 Å². The first kappa shape index (κ1) is 18.7. The van der Waals surface area contributed by atoms with E-state index >= 15 is 0 Å². The molecule has 27 heavy (non-hydrogen) atoms. The zero-order valence-electron chi connectivity index (χ0n) is 14.7. The SMILES string of the molecule is COC(=O)c1c(CS(=O)(=O)c2ccccn2)ccc(-c2ccoc2)c1OC. The van der Waals surface area contributed by atoms with Gasteiger partial charge in [-0.05, 0) is 23.8 Å². The average molecular weight is 387 g/mol. The maximum absolute atomic E-state index is 12.7. The molecule has 0 aliphatic carbocycles. The van der Waals surface area contributed by atoms with E-state index in [1.165, 1.54) is 39.0 Å². The van der Waals surface area contributed by atoms with Crippen LogP contribution in [0.1, 0.15) is 15.9 Å². The third-order valence-electron chi connectivity index (χ3n) is 3.97. The Bertz CT molecular complexity index is 1040. The van der Waals surface area contributed by atoms with Gasteiger partial charge in [0, 0.05) is 17.3 Å². The van der Waals surface area contributed by atoms with E-state index in [9.17, 15) is 13.2 Å². The van der Waals surface area contributed by atoms with Crippen LogP contribution in [0.5, 0.6) is 5.75 Å². The molecule has 0 unspecified atom stereocenters. The summed E-state index contributed by atoms with van der Waals surface area (Å²) in [5.41, 5.74) is 1.59. The Morgan fingerprint density at radius 1 is 1.15 bits per heavy atom. The zero-order valence-corrected chi connectivity index (χ0v) is 15.5. The Hall–Kier alpha value is -3.13. The van der Waals surface area contributed by atoms with E-state index in [1.807, 2.05) is 0 Å². The number of hydrogen-bond donors (Lipinski definition) is 0. The van der Waals surface area contributed by atoms with E-state index in [-0.39, 0.29) is 21.9 Å². The summed E-state index contributed by atoms with van der Waals surface area (Å²) in [6.45, 7) is 0. The second-order valence-electron chi connectivity index (χ2n) is 5.61. The lowest BCUT2D eigenvalue weighted by atomic mass is 9.99. The minimum absolute atomic E-state index is 0.0539. The van der Waals surface area contributed by atoms with Gasteiger partial charge in [0.2, 0.25) is 0 Å². The molecule has 0 saturated carbocycles. The van der Waals surface area contributed by atoms with Crippen LogP contribution in [0, 0.1) is 0 Å². The van der Waals surface area contributed by atoms with Crippen LogP contribution < -0.4 is 4.74 Å². The van der Waals surface area contributed by atoms with E-state index in [4.69, 9.17) is 13.9 Å². The predicted octanol–water partition coefficient (Wildman–Crippen LogP) is 3.11. The number of ether oxygens (including phenoxy) is 2. The van der Waals surface area contributed by atoms with Gasteiger partial charge in [-0.3, -0.25) is 0 Å². The van der Waals surface area contributed by atoms with Gasteiger partial charge in [-0.1, -0.05) is 18.2 Å². The standard InChI is InChI=1S/C19H17NO6S/c1-24-18-15(13-8-10-26-11-13)7-6-14(17(18)19(21)25-2)12-27(22,23)16-5-3-4-9-20-16/h3-11H,12H2,1-2H3. The van der Waals surface area contributed by atoms with E-state index < -0.39 is 21.6 Å². The van der Waals surface area contributed by atoms with Crippen LogP contribution in [0.2, 0.25) is 0 Å². The second kappa shape index (κ2) is 7.63. The highest BCUT2D eigenvalue weighted by Gasteiger charge is 2.26. The summed E-state index contributed by atoms with van der Waals surface area (Å²) in [6, 6.07) is 9.58. The molecule has 0 fully saturated rings. The van der Waals surface area contributed by atoms with Gasteiger partial charge < -0.3 is 13.9 Å². The van der Waals surface area contributed by atoms with Crippen molar-refractivity contribution in [1.29, 1.82) is 0 Å². The van der Waals surface area contributed by atoms with Gasteiger partial charge in [0.1, 0.15) is 11.3 Å². The third kappa shape index (κ3) is 3.70. The number of sulfone groups is 1. The minimum Gasteiger partial charge on any atom is -0.495 e. The van der Waals surface area contributed by atoms with E-state index in [0.717, 1.165) is 0 Å². The van der Waals surface area contributed by atoms with Gasteiger partial charge >= 0.3 is 5.97 Å². The number of carbonyl (C=O) groups excluding carboxylic acids is 1. The highest BCUT2D eigenvalue weighted by molar-refractivity contribution is 7.90. The Morgan fingerprint density at radius 2 is 1.96 bits per heavy atom. The molecule has 0 saturated heterocycles. The molecule has 0 amide bonds. The van der Waals surface area contributed by atoms with Gasteiger partial charge in [-0.15, -0.1) is 0 Å². The van der Waals surface area contributed by atoms with Crippen LogP contribution in [-0.4, -0.2) is 33.6 Å². The number of carbonyl (C=O) groups is 1. The van der Waals surface area contributed by atoms with Gasteiger partial charge in [-0.2, -0.15) is 0 Å². The number of pyridine rings is 1. The quantitative estimate of drug-likeness (QED) is 0.600. The zero-order chi connectivity index (χ0) is 19.4. The molecular formula is C19H17NO6S. The maximum Gasteiger partial charge on any atom is 0.341 e. The van der Waals surface area contributed by atoms with Gasteiger partial charge in [-0.25, -0.2) is 18.2 Å². The molecule has 3 aromatic rings. The molecule has 0 atom stereocenters. The van der Waals surface area contributed by atoms with Crippen molar-refractivity contribution in [3.05, 3.63) is 66.2 Å². The molecule has 3 rings (SSSR count). The third-order valence-corrected chi connectivity index (χ3v) is 5.54. The number of benzene rings is 1. The summed E-state index contributed by atoms with van der Waals surface area (Å²) < 4.78 is 40.8. The van der Waals surface area contributed by atoms with Crippen LogP contribution in [0.4, 0.5) is 0 Å². The van der Waals surface area contributed by atoms with Crippen LogP contribution in [-0.2, 0) is 20.3 Å². The summed E-state index contributed by atoms with van der Waals surface area (Å²) >= 11 is 0. The lowest BCUT2D eigenvalue weighted by Crippen LogP contribution is -2.14. The van der Waals surface area contributed by atoms with Crippen molar-refractivity contribution < 1.29 is 27.1 Å². The number of methoxy groups -OCH3 is 2. The lowest BCUT2D eigenvalue weighted by molar-refractivity contribution is 0.0596. The summed E-state index contributed by atoms with van der Waals surface area (Å²) in [5, 5.41) is -0.0707. The smallest absolute Gasteiger partial charge is 0.341 e. The van der Waals surface area contributed by atoms with Gasteiger partial charge in [0.05, 0.1) is 32.5 Å². The van der Waals surface area contributed by atoms with E-state index in [0.29, 0.717) is 11.1 Å². The molecule has 0 bridgehead atoms. The number of esters is 1. The van der Waals surface area contributed by atoms with Crippen molar-refractivity contribution in [2.45, 2.75) is 10.8 Å². The van der Waals surface area contributed by atoms with Crippen molar-refractivity contribution in [3.63, 3.8) is 0 Å². The van der Waals surface area contributed by atoms with Crippen LogP contribution >= 0.6 is 0 Å². The molecule has 0 spiro atoms. The Balaban J connectivity index is 2.14. The first-order chi connectivity index (χ1) is 13.0. The topological polar surface area (TPSA) is 95.7 Å². The first-order valence-corrected chi connectivity index (χ1v) is 9.57.